The largest absolute Gasteiger partial charge is 0.507 e. The number of aliphatic hydroxyl groups is 1. The van der Waals surface area contributed by atoms with Crippen LogP contribution in [-0.4, -0.2) is 35.5 Å². The van der Waals surface area contributed by atoms with Crippen LogP contribution in [0.2, 0.25) is 0 Å². The Hall–Kier alpha value is -3.44. The van der Waals surface area contributed by atoms with Gasteiger partial charge in [-0.05, 0) is 77.0 Å². The van der Waals surface area contributed by atoms with E-state index in [1.165, 1.54) is 16.2 Å². The van der Waals surface area contributed by atoms with Crippen LogP contribution in [0.25, 0.3) is 16.0 Å². The average Bonchev–Trinajstić information content (AvgIpc) is 3.46. The molecular weight excluding hydrogens is 615 g/mol. The highest BCUT2D eigenvalue weighted by Crippen LogP contribution is 2.44. The van der Waals surface area contributed by atoms with E-state index >= 15 is 0 Å². The number of carbonyl (C=O) groups is 2. The molecule has 0 radical (unpaired) electrons. The number of Topliss-reactive ketones (excluding diaryl/α,β-unsaturated/α-hetero) is 1. The number of ketones is 1. The topological polar surface area (TPSA) is 89.0 Å². The van der Waals surface area contributed by atoms with Crippen molar-refractivity contribution in [2.45, 2.75) is 25.8 Å². The van der Waals surface area contributed by atoms with Gasteiger partial charge in [0.1, 0.15) is 17.3 Å². The Bertz CT molecular complexity index is 1550. The molecule has 1 aliphatic rings. The third kappa shape index (κ3) is 5.00. The highest BCUT2D eigenvalue weighted by atomic mass is 127. The van der Waals surface area contributed by atoms with Gasteiger partial charge in [0.15, 0.2) is 5.13 Å². The molecule has 38 heavy (non-hydrogen) atoms. The van der Waals surface area contributed by atoms with Crippen LogP contribution in [0.1, 0.15) is 36.9 Å². The summed E-state index contributed by atoms with van der Waals surface area (Å²) in [4.78, 5) is 33.0. The Morgan fingerprint density at radius 1 is 1.08 bits per heavy atom. The van der Waals surface area contributed by atoms with E-state index in [-0.39, 0.29) is 11.3 Å². The number of benzene rings is 3. The number of hydrogen-bond acceptors (Lipinski definition) is 7. The van der Waals surface area contributed by atoms with E-state index in [1.54, 1.807) is 37.4 Å². The predicted molar refractivity (Wildman–Crippen MR) is 157 cm³/mol. The Morgan fingerprint density at radius 3 is 2.61 bits per heavy atom. The zero-order valence-electron chi connectivity index (χ0n) is 20.8. The van der Waals surface area contributed by atoms with Crippen LogP contribution in [0.5, 0.6) is 11.5 Å². The third-order valence-corrected chi connectivity index (χ3v) is 8.03. The molecule has 0 aliphatic carbocycles. The summed E-state index contributed by atoms with van der Waals surface area (Å²) in [5.74, 6) is -0.498. The zero-order valence-corrected chi connectivity index (χ0v) is 23.8. The summed E-state index contributed by atoms with van der Waals surface area (Å²) >= 11 is 3.49. The van der Waals surface area contributed by atoms with Gasteiger partial charge in [0.2, 0.25) is 0 Å². The predicted octanol–water partition coefficient (Wildman–Crippen LogP) is 6.71. The van der Waals surface area contributed by atoms with Crippen molar-refractivity contribution < 1.29 is 24.2 Å². The number of ether oxygens (including phenoxy) is 2. The second-order valence-corrected chi connectivity index (χ2v) is 11.0. The van der Waals surface area contributed by atoms with Gasteiger partial charge in [-0.25, -0.2) is 4.98 Å². The molecule has 1 atom stereocenters. The van der Waals surface area contributed by atoms with Crippen LogP contribution in [0.15, 0.2) is 72.3 Å². The number of nitrogens with zero attached hydrogens (tertiary/aromatic N) is 2. The lowest BCUT2D eigenvalue weighted by Gasteiger charge is -2.23. The summed E-state index contributed by atoms with van der Waals surface area (Å²) < 4.78 is 13.0. The summed E-state index contributed by atoms with van der Waals surface area (Å²) in [5.41, 5.74) is 1.80. The number of thiazole rings is 1. The van der Waals surface area contributed by atoms with Gasteiger partial charge in [-0.1, -0.05) is 48.9 Å². The van der Waals surface area contributed by atoms with Crippen molar-refractivity contribution in [1.82, 2.24) is 4.98 Å². The molecule has 1 fully saturated rings. The molecule has 4 aromatic rings. The number of rotatable bonds is 8. The lowest BCUT2D eigenvalue weighted by atomic mass is 9.95. The zero-order chi connectivity index (χ0) is 26.8. The molecule has 1 saturated heterocycles. The minimum absolute atomic E-state index is 0.0127. The number of methoxy groups -OCH3 is 1. The summed E-state index contributed by atoms with van der Waals surface area (Å²) in [5, 5.41) is 11.8. The van der Waals surface area contributed by atoms with Crippen molar-refractivity contribution in [2.24, 2.45) is 0 Å². The number of anilines is 1. The van der Waals surface area contributed by atoms with Crippen molar-refractivity contribution in [3.8, 4) is 11.5 Å². The fourth-order valence-electron chi connectivity index (χ4n) is 4.34. The van der Waals surface area contributed by atoms with Gasteiger partial charge in [0.05, 0.1) is 35.5 Å². The maximum atomic E-state index is 13.5. The van der Waals surface area contributed by atoms with Crippen molar-refractivity contribution in [3.05, 3.63) is 87.0 Å². The van der Waals surface area contributed by atoms with E-state index in [2.05, 4.69) is 34.5 Å². The maximum absolute atomic E-state index is 13.5. The monoisotopic (exact) mass is 640 g/mol. The minimum atomic E-state index is -0.848. The number of hydrogen-bond donors (Lipinski definition) is 1. The number of halogens is 1. The van der Waals surface area contributed by atoms with Crippen molar-refractivity contribution in [3.63, 3.8) is 0 Å². The number of carbonyl (C=O) groups excluding carboxylic acids is 2. The maximum Gasteiger partial charge on any atom is 0.301 e. The first-order valence-electron chi connectivity index (χ1n) is 12.2. The minimum Gasteiger partial charge on any atom is -0.507 e. The number of unbranched alkanes of at least 4 members (excludes halogenated alkanes) is 1. The van der Waals surface area contributed by atoms with Gasteiger partial charge in [0, 0.05) is 9.13 Å². The molecular formula is C29H25IN2O5S. The molecule has 7 nitrogen and oxygen atoms in total. The Kier molecular flexibility index (Phi) is 7.66. The molecule has 1 N–H and O–H groups in total. The average molecular weight is 640 g/mol. The van der Waals surface area contributed by atoms with E-state index in [9.17, 15) is 14.7 Å². The second-order valence-electron chi connectivity index (χ2n) is 8.78. The van der Waals surface area contributed by atoms with Gasteiger partial charge in [-0.2, -0.15) is 0 Å². The SMILES string of the molecule is CCCCOc1cccc(C(O)=C2C(=O)C(=O)N(c3nc4ccc(OC)cc4s3)C2c2ccc(I)cc2)c1. The number of fused-ring (bicyclic) bond motifs is 1. The first-order chi connectivity index (χ1) is 18.4. The van der Waals surface area contributed by atoms with E-state index in [1.807, 2.05) is 36.4 Å². The van der Waals surface area contributed by atoms with Crippen molar-refractivity contribution >= 4 is 66.7 Å². The lowest BCUT2D eigenvalue weighted by molar-refractivity contribution is -0.132. The summed E-state index contributed by atoms with van der Waals surface area (Å²) in [6, 6.07) is 19.1. The molecule has 2 heterocycles. The molecule has 0 bridgehead atoms. The van der Waals surface area contributed by atoms with Gasteiger partial charge in [0.25, 0.3) is 5.78 Å². The number of aliphatic hydroxyl groups excluding tert-OH is 1. The first kappa shape index (κ1) is 26.2. The van der Waals surface area contributed by atoms with Crippen LogP contribution < -0.4 is 14.4 Å². The van der Waals surface area contributed by atoms with Gasteiger partial charge in [-0.3, -0.25) is 14.5 Å². The van der Waals surface area contributed by atoms with Gasteiger partial charge >= 0.3 is 5.91 Å². The van der Waals surface area contributed by atoms with E-state index in [0.717, 1.165) is 21.1 Å². The summed E-state index contributed by atoms with van der Waals surface area (Å²) in [6.07, 6.45) is 1.90. The van der Waals surface area contributed by atoms with Crippen LogP contribution in [0.4, 0.5) is 5.13 Å². The smallest absolute Gasteiger partial charge is 0.301 e. The molecule has 0 spiro atoms. The molecule has 1 unspecified atom stereocenters. The molecule has 194 valence electrons. The van der Waals surface area contributed by atoms with E-state index in [0.29, 0.717) is 39.9 Å². The fourth-order valence-corrected chi connectivity index (χ4v) is 5.72. The second kappa shape index (κ2) is 11.1. The van der Waals surface area contributed by atoms with Crippen LogP contribution in [0.3, 0.4) is 0 Å². The van der Waals surface area contributed by atoms with Gasteiger partial charge in [-0.15, -0.1) is 0 Å². The molecule has 0 saturated carbocycles. The van der Waals surface area contributed by atoms with Gasteiger partial charge < -0.3 is 14.6 Å². The van der Waals surface area contributed by atoms with E-state index < -0.39 is 17.7 Å². The molecule has 9 heteroatoms. The Labute approximate surface area is 237 Å². The fraction of sp³-hybridized carbons (Fsp3) is 0.207. The molecule has 1 amide bonds. The van der Waals surface area contributed by atoms with Crippen LogP contribution in [-0.2, 0) is 9.59 Å². The molecule has 3 aromatic carbocycles. The summed E-state index contributed by atoms with van der Waals surface area (Å²) in [6.45, 7) is 2.63. The lowest BCUT2D eigenvalue weighted by Crippen LogP contribution is -2.29. The standard InChI is InChI=1S/C29H25IN2O5S/c1-3-4-14-37-21-7-5-6-18(15-21)26(33)24-25(17-8-10-19(30)11-9-17)32(28(35)27(24)34)29-31-22-13-12-20(36-2)16-23(22)38-29/h5-13,15-16,25,33H,3-4,14H2,1-2H3. The first-order valence-corrected chi connectivity index (χ1v) is 14.0. The quantitative estimate of drug-likeness (QED) is 0.0757. The van der Waals surface area contributed by atoms with Crippen LogP contribution >= 0.6 is 33.9 Å². The highest BCUT2D eigenvalue weighted by molar-refractivity contribution is 14.1. The molecule has 5 rings (SSSR count). The molecule has 1 aliphatic heterocycles. The number of amides is 1. The highest BCUT2D eigenvalue weighted by Gasteiger charge is 2.48. The van der Waals surface area contributed by atoms with Crippen molar-refractivity contribution in [2.75, 3.05) is 18.6 Å². The Balaban J connectivity index is 1.64. The third-order valence-electron chi connectivity index (χ3n) is 6.29. The normalized spacial score (nSPS) is 16.8. The molecule has 1 aromatic heterocycles. The van der Waals surface area contributed by atoms with Crippen LogP contribution in [0, 0.1) is 3.57 Å². The summed E-state index contributed by atoms with van der Waals surface area (Å²) in [7, 11) is 1.59. The van der Waals surface area contributed by atoms with E-state index in [4.69, 9.17) is 9.47 Å². The number of aromatic nitrogens is 1. The Morgan fingerprint density at radius 2 is 1.87 bits per heavy atom. The van der Waals surface area contributed by atoms with Crippen molar-refractivity contribution in [1.29, 1.82) is 0 Å².